The summed E-state index contributed by atoms with van der Waals surface area (Å²) < 4.78 is 5.11. The van der Waals surface area contributed by atoms with Crippen LogP contribution in [0.3, 0.4) is 0 Å². The van der Waals surface area contributed by atoms with Gasteiger partial charge in [0.1, 0.15) is 5.76 Å². The molecule has 0 fully saturated rings. The van der Waals surface area contributed by atoms with Crippen LogP contribution in [0.1, 0.15) is 12.7 Å². The molecule has 1 rings (SSSR count). The lowest BCUT2D eigenvalue weighted by Gasteiger charge is -2.24. The minimum Gasteiger partial charge on any atom is -0.479 e. The highest BCUT2D eigenvalue weighted by atomic mass is 16.4. The van der Waals surface area contributed by atoms with Gasteiger partial charge in [-0.1, -0.05) is 0 Å². The highest BCUT2D eigenvalue weighted by molar-refractivity contribution is 5.76. The fraction of sp³-hybridized carbons (Fsp3) is 0.500. The molecule has 0 bridgehead atoms. The monoisotopic (exact) mass is 213 g/mol. The summed E-state index contributed by atoms with van der Waals surface area (Å²) in [6.07, 6.45) is 1.55. The van der Waals surface area contributed by atoms with E-state index in [1.165, 1.54) is 6.92 Å². The highest BCUT2D eigenvalue weighted by Crippen LogP contribution is 2.09. The number of carboxylic acids is 1. The molecule has 2 N–H and O–H groups in total. The molecule has 0 saturated heterocycles. The zero-order valence-electron chi connectivity index (χ0n) is 8.80. The summed E-state index contributed by atoms with van der Waals surface area (Å²) in [6.45, 7) is 1.79. The second kappa shape index (κ2) is 4.46. The van der Waals surface area contributed by atoms with Crippen LogP contribution >= 0.6 is 0 Å². The van der Waals surface area contributed by atoms with Gasteiger partial charge >= 0.3 is 5.97 Å². The quantitative estimate of drug-likeness (QED) is 0.747. The number of furan rings is 1. The first kappa shape index (κ1) is 11.7. The van der Waals surface area contributed by atoms with E-state index in [2.05, 4.69) is 0 Å². The van der Waals surface area contributed by atoms with Crippen molar-refractivity contribution in [2.24, 2.45) is 0 Å². The van der Waals surface area contributed by atoms with E-state index in [0.717, 1.165) is 5.76 Å². The van der Waals surface area contributed by atoms with Gasteiger partial charge in [-0.05, 0) is 26.1 Å². The summed E-state index contributed by atoms with van der Waals surface area (Å²) >= 11 is 0. The molecular formula is C10H15NO4. The van der Waals surface area contributed by atoms with Gasteiger partial charge in [0.2, 0.25) is 0 Å². The number of aliphatic carboxylic acids is 1. The van der Waals surface area contributed by atoms with Crippen molar-refractivity contribution in [3.05, 3.63) is 24.2 Å². The third-order valence-corrected chi connectivity index (χ3v) is 2.04. The third kappa shape index (κ3) is 3.38. The molecule has 0 saturated carbocycles. The predicted molar refractivity (Wildman–Crippen MR) is 53.3 cm³/mol. The largest absolute Gasteiger partial charge is 0.479 e. The number of hydrogen-bond acceptors (Lipinski definition) is 4. The maximum absolute atomic E-state index is 10.7. The molecule has 1 aromatic heterocycles. The Morgan fingerprint density at radius 3 is 2.80 bits per heavy atom. The first-order valence-electron chi connectivity index (χ1n) is 4.58. The first-order chi connectivity index (χ1) is 6.92. The van der Waals surface area contributed by atoms with Crippen molar-refractivity contribution < 1.29 is 19.4 Å². The summed E-state index contributed by atoms with van der Waals surface area (Å²) in [5.74, 6) is -0.493. The molecule has 0 aliphatic carbocycles. The Balaban J connectivity index is 2.49. The lowest BCUT2D eigenvalue weighted by Crippen LogP contribution is -2.45. The molecule has 0 aromatic carbocycles. The van der Waals surface area contributed by atoms with Crippen molar-refractivity contribution in [2.75, 3.05) is 13.6 Å². The van der Waals surface area contributed by atoms with Gasteiger partial charge in [0, 0.05) is 6.54 Å². The standard InChI is InChI=1S/C10H15NO4/c1-10(14,9(12)13)7-11(2)6-8-4-3-5-15-8/h3-5,14H,6-7H2,1-2H3,(H,12,13). The minimum atomic E-state index is -1.73. The fourth-order valence-corrected chi connectivity index (χ4v) is 1.32. The maximum Gasteiger partial charge on any atom is 0.336 e. The van der Waals surface area contributed by atoms with E-state index in [9.17, 15) is 9.90 Å². The molecule has 0 aliphatic heterocycles. The van der Waals surface area contributed by atoms with Crippen molar-refractivity contribution in [1.82, 2.24) is 4.90 Å². The summed E-state index contributed by atoms with van der Waals surface area (Å²) in [5, 5.41) is 18.2. The predicted octanol–water partition coefficient (Wildman–Crippen LogP) is 0.547. The van der Waals surface area contributed by atoms with E-state index in [0.29, 0.717) is 6.54 Å². The Hall–Kier alpha value is -1.33. The molecule has 1 aromatic rings. The fourth-order valence-electron chi connectivity index (χ4n) is 1.32. The number of nitrogens with zero attached hydrogens (tertiary/aromatic N) is 1. The Bertz CT molecular complexity index is 318. The van der Waals surface area contributed by atoms with Crippen molar-refractivity contribution in [3.8, 4) is 0 Å². The summed E-state index contributed by atoms with van der Waals surface area (Å²) in [7, 11) is 1.72. The SMILES string of the molecule is CN(Cc1ccco1)CC(C)(O)C(=O)O. The average molecular weight is 213 g/mol. The second-order valence-corrected chi connectivity index (χ2v) is 3.83. The van der Waals surface area contributed by atoms with Crippen LogP contribution in [-0.2, 0) is 11.3 Å². The van der Waals surface area contributed by atoms with Gasteiger partial charge in [0.25, 0.3) is 0 Å². The van der Waals surface area contributed by atoms with Crippen LogP contribution in [-0.4, -0.2) is 40.3 Å². The Labute approximate surface area is 87.9 Å². The van der Waals surface area contributed by atoms with Gasteiger partial charge in [0.15, 0.2) is 5.60 Å². The topological polar surface area (TPSA) is 73.9 Å². The lowest BCUT2D eigenvalue weighted by atomic mass is 10.1. The number of likely N-dealkylation sites (N-methyl/N-ethyl adjacent to an activating group) is 1. The Morgan fingerprint density at radius 2 is 2.33 bits per heavy atom. The molecule has 0 radical (unpaired) electrons. The van der Waals surface area contributed by atoms with Crippen LogP contribution in [0.5, 0.6) is 0 Å². The number of hydrogen-bond donors (Lipinski definition) is 2. The molecule has 1 unspecified atom stereocenters. The molecule has 0 spiro atoms. The van der Waals surface area contributed by atoms with E-state index in [1.54, 1.807) is 30.3 Å². The highest BCUT2D eigenvalue weighted by Gasteiger charge is 2.31. The maximum atomic E-state index is 10.7. The number of rotatable bonds is 5. The zero-order valence-corrected chi connectivity index (χ0v) is 8.80. The summed E-state index contributed by atoms with van der Waals surface area (Å²) in [6, 6.07) is 3.56. The second-order valence-electron chi connectivity index (χ2n) is 3.83. The first-order valence-corrected chi connectivity index (χ1v) is 4.58. The van der Waals surface area contributed by atoms with Gasteiger partial charge in [0.05, 0.1) is 12.8 Å². The molecule has 15 heavy (non-hydrogen) atoms. The lowest BCUT2D eigenvalue weighted by molar-refractivity contribution is -0.158. The molecule has 1 atom stereocenters. The zero-order chi connectivity index (χ0) is 11.5. The molecular weight excluding hydrogens is 198 g/mol. The van der Waals surface area contributed by atoms with E-state index in [-0.39, 0.29) is 6.54 Å². The molecule has 5 nitrogen and oxygen atoms in total. The minimum absolute atomic E-state index is 0.0447. The van der Waals surface area contributed by atoms with Crippen LogP contribution in [0.4, 0.5) is 0 Å². The van der Waals surface area contributed by atoms with Crippen LogP contribution < -0.4 is 0 Å². The van der Waals surface area contributed by atoms with E-state index in [1.807, 2.05) is 0 Å². The average Bonchev–Trinajstić information content (AvgIpc) is 2.54. The van der Waals surface area contributed by atoms with Gasteiger partial charge in [-0.2, -0.15) is 0 Å². The number of aliphatic hydroxyl groups is 1. The van der Waals surface area contributed by atoms with E-state index in [4.69, 9.17) is 9.52 Å². The molecule has 0 amide bonds. The summed E-state index contributed by atoms with van der Waals surface area (Å²) in [4.78, 5) is 12.3. The number of carbonyl (C=O) groups is 1. The number of carboxylic acid groups (broad SMARTS) is 1. The molecule has 0 aliphatic rings. The summed E-state index contributed by atoms with van der Waals surface area (Å²) in [5.41, 5.74) is -1.73. The van der Waals surface area contributed by atoms with Gasteiger partial charge in [-0.15, -0.1) is 0 Å². The van der Waals surface area contributed by atoms with Crippen molar-refractivity contribution in [1.29, 1.82) is 0 Å². The van der Waals surface area contributed by atoms with E-state index < -0.39 is 11.6 Å². The van der Waals surface area contributed by atoms with Crippen molar-refractivity contribution in [3.63, 3.8) is 0 Å². The molecule has 5 heteroatoms. The third-order valence-electron chi connectivity index (χ3n) is 2.04. The van der Waals surface area contributed by atoms with Gasteiger partial charge < -0.3 is 14.6 Å². The Morgan fingerprint density at radius 1 is 1.67 bits per heavy atom. The van der Waals surface area contributed by atoms with Crippen molar-refractivity contribution >= 4 is 5.97 Å². The Kier molecular flexibility index (Phi) is 3.49. The van der Waals surface area contributed by atoms with Crippen LogP contribution in [0, 0.1) is 0 Å². The smallest absolute Gasteiger partial charge is 0.336 e. The van der Waals surface area contributed by atoms with Crippen LogP contribution in [0.15, 0.2) is 22.8 Å². The van der Waals surface area contributed by atoms with Gasteiger partial charge in [-0.3, -0.25) is 4.90 Å². The van der Waals surface area contributed by atoms with Crippen LogP contribution in [0.25, 0.3) is 0 Å². The van der Waals surface area contributed by atoms with Crippen molar-refractivity contribution in [2.45, 2.75) is 19.1 Å². The van der Waals surface area contributed by atoms with E-state index >= 15 is 0 Å². The molecule has 1 heterocycles. The van der Waals surface area contributed by atoms with Crippen LogP contribution in [0.2, 0.25) is 0 Å². The molecule has 84 valence electrons. The normalized spacial score (nSPS) is 15.2. The van der Waals surface area contributed by atoms with Gasteiger partial charge in [-0.25, -0.2) is 4.79 Å².